The van der Waals surface area contributed by atoms with Gasteiger partial charge >= 0.3 is 6.03 Å². The fourth-order valence-corrected chi connectivity index (χ4v) is 4.88. The van der Waals surface area contributed by atoms with Gasteiger partial charge in [-0.15, -0.1) is 0 Å². The molecule has 0 spiro atoms. The summed E-state index contributed by atoms with van der Waals surface area (Å²) in [6.07, 6.45) is 5.06. The summed E-state index contributed by atoms with van der Waals surface area (Å²) in [6.45, 7) is 12.2. The molecular formula is C18H36N4O3S. The predicted molar refractivity (Wildman–Crippen MR) is 105 cm³/mol. The van der Waals surface area contributed by atoms with Crippen molar-refractivity contribution in [1.29, 1.82) is 0 Å². The van der Waals surface area contributed by atoms with Gasteiger partial charge < -0.3 is 9.80 Å². The zero-order chi connectivity index (χ0) is 19.5. The molecule has 0 aromatic rings. The minimum atomic E-state index is -3.14. The lowest BCUT2D eigenvalue weighted by atomic mass is 9.86. The highest BCUT2D eigenvalue weighted by molar-refractivity contribution is 7.88. The molecule has 0 radical (unpaired) electrons. The molecule has 26 heavy (non-hydrogen) atoms. The van der Waals surface area contributed by atoms with Crippen LogP contribution in [0.3, 0.4) is 0 Å². The molecule has 152 valence electrons. The Bertz CT molecular complexity index is 559. The van der Waals surface area contributed by atoms with Crippen LogP contribution in [-0.2, 0) is 10.0 Å². The second kappa shape index (κ2) is 8.89. The largest absolute Gasteiger partial charge is 0.322 e. The van der Waals surface area contributed by atoms with Gasteiger partial charge in [-0.25, -0.2) is 13.2 Å². The first-order valence-electron chi connectivity index (χ1n) is 9.95. The molecule has 4 fully saturated rings. The number of piperidine rings is 1. The maximum Gasteiger partial charge on any atom is 0.320 e. The minimum Gasteiger partial charge on any atom is -0.322 e. The fourth-order valence-electron chi connectivity index (χ4n) is 4.05. The number of fused-ring (bicyclic) bond motifs is 2. The Kier molecular flexibility index (Phi) is 7.33. The number of urea groups is 1. The first-order valence-corrected chi connectivity index (χ1v) is 11.8. The van der Waals surface area contributed by atoms with E-state index in [4.69, 9.17) is 0 Å². The number of hydrogen-bond acceptors (Lipinski definition) is 4. The van der Waals surface area contributed by atoms with Gasteiger partial charge in [0, 0.05) is 57.4 Å². The van der Waals surface area contributed by atoms with Crippen molar-refractivity contribution < 1.29 is 13.2 Å². The SMILES string of the molecule is CC(C)N1C2CC1CN(C(=O)N1CCN(S(C)(=O)=O)CC1)C2.CCCC. The average molecular weight is 389 g/mol. The van der Waals surface area contributed by atoms with Crippen molar-refractivity contribution in [2.45, 2.75) is 65.1 Å². The number of sulfonamides is 1. The standard InChI is InChI=1S/C14H26N4O3S.C4H10/c1-11(2)18-12-8-13(18)10-16(9-12)14(19)15-4-6-17(7-5-15)22(3,20)21;1-3-4-2/h11-13H,4-10H2,1-3H3;3-4H2,1-2H3. The van der Waals surface area contributed by atoms with Crippen LogP contribution in [0.15, 0.2) is 0 Å². The van der Waals surface area contributed by atoms with Crippen LogP contribution in [-0.4, -0.2) is 97.1 Å². The van der Waals surface area contributed by atoms with Crippen LogP contribution in [0.1, 0.15) is 47.0 Å². The maximum atomic E-state index is 12.6. The molecule has 4 heterocycles. The fraction of sp³-hybridized carbons (Fsp3) is 0.944. The highest BCUT2D eigenvalue weighted by atomic mass is 32.2. The van der Waals surface area contributed by atoms with Gasteiger partial charge in [0.25, 0.3) is 0 Å². The van der Waals surface area contributed by atoms with Gasteiger partial charge in [-0.1, -0.05) is 26.7 Å². The number of piperazine rings is 2. The molecule has 7 nitrogen and oxygen atoms in total. The summed E-state index contributed by atoms with van der Waals surface area (Å²) in [5.41, 5.74) is 0. The van der Waals surface area contributed by atoms with Gasteiger partial charge in [-0.05, 0) is 20.3 Å². The summed E-state index contributed by atoms with van der Waals surface area (Å²) in [5.74, 6) is 0. The lowest BCUT2D eigenvalue weighted by molar-refractivity contribution is -0.0781. The number of carbonyl (C=O) groups is 1. The van der Waals surface area contributed by atoms with Crippen LogP contribution in [0.4, 0.5) is 4.79 Å². The van der Waals surface area contributed by atoms with E-state index in [0.717, 1.165) is 13.1 Å². The van der Waals surface area contributed by atoms with Gasteiger partial charge in [0.05, 0.1) is 6.26 Å². The zero-order valence-corrected chi connectivity index (χ0v) is 17.8. The summed E-state index contributed by atoms with van der Waals surface area (Å²) in [5, 5.41) is 0. The van der Waals surface area contributed by atoms with Crippen LogP contribution < -0.4 is 0 Å². The van der Waals surface area contributed by atoms with Crippen molar-refractivity contribution in [3.05, 3.63) is 0 Å². The summed E-state index contributed by atoms with van der Waals surface area (Å²) in [4.78, 5) is 18.9. The molecule has 0 N–H and O–H groups in total. The van der Waals surface area contributed by atoms with Gasteiger partial charge in [-0.3, -0.25) is 4.90 Å². The highest BCUT2D eigenvalue weighted by Gasteiger charge is 2.47. The number of nitrogens with zero attached hydrogens (tertiary/aromatic N) is 4. The van der Waals surface area contributed by atoms with E-state index >= 15 is 0 Å². The van der Waals surface area contributed by atoms with Crippen molar-refractivity contribution in [1.82, 2.24) is 19.0 Å². The van der Waals surface area contributed by atoms with E-state index in [0.29, 0.717) is 44.3 Å². The molecule has 0 aliphatic carbocycles. The van der Waals surface area contributed by atoms with Crippen molar-refractivity contribution in [2.24, 2.45) is 0 Å². The van der Waals surface area contributed by atoms with Crippen molar-refractivity contribution in [3.63, 3.8) is 0 Å². The van der Waals surface area contributed by atoms with Crippen LogP contribution in [0, 0.1) is 0 Å². The van der Waals surface area contributed by atoms with E-state index in [1.807, 2.05) is 4.90 Å². The molecule has 4 rings (SSSR count). The molecule has 4 aliphatic rings. The number of amides is 2. The molecule has 0 aromatic heterocycles. The molecule has 2 bridgehead atoms. The summed E-state index contributed by atoms with van der Waals surface area (Å²) in [6, 6.07) is 1.62. The Hall–Kier alpha value is -0.860. The highest BCUT2D eigenvalue weighted by Crippen LogP contribution is 2.34. The van der Waals surface area contributed by atoms with Crippen molar-refractivity contribution in [3.8, 4) is 0 Å². The number of carbonyl (C=O) groups excluding carboxylic acids is 1. The quantitative estimate of drug-likeness (QED) is 0.738. The van der Waals surface area contributed by atoms with Crippen molar-refractivity contribution in [2.75, 3.05) is 45.5 Å². The Morgan fingerprint density at radius 2 is 1.46 bits per heavy atom. The van der Waals surface area contributed by atoms with E-state index in [2.05, 4.69) is 32.6 Å². The lowest BCUT2D eigenvalue weighted by Gasteiger charge is -2.58. The second-order valence-electron chi connectivity index (χ2n) is 7.92. The third-order valence-electron chi connectivity index (χ3n) is 5.59. The summed E-state index contributed by atoms with van der Waals surface area (Å²) >= 11 is 0. The molecule has 0 aromatic carbocycles. The molecule has 4 aliphatic heterocycles. The Morgan fingerprint density at radius 3 is 1.85 bits per heavy atom. The lowest BCUT2D eigenvalue weighted by Crippen LogP contribution is -2.72. The van der Waals surface area contributed by atoms with Crippen LogP contribution in [0.5, 0.6) is 0 Å². The van der Waals surface area contributed by atoms with E-state index in [1.165, 1.54) is 29.8 Å². The Labute approximate surface area is 159 Å². The van der Waals surface area contributed by atoms with Gasteiger partial charge in [0.15, 0.2) is 0 Å². The van der Waals surface area contributed by atoms with E-state index in [1.54, 1.807) is 4.90 Å². The third kappa shape index (κ3) is 4.89. The molecular weight excluding hydrogens is 352 g/mol. The molecule has 8 heteroatoms. The van der Waals surface area contributed by atoms with Crippen LogP contribution in [0.25, 0.3) is 0 Å². The van der Waals surface area contributed by atoms with E-state index in [-0.39, 0.29) is 6.03 Å². The molecule has 0 saturated carbocycles. The first kappa shape index (κ1) is 21.4. The second-order valence-corrected chi connectivity index (χ2v) is 9.90. The Morgan fingerprint density at radius 1 is 0.962 bits per heavy atom. The smallest absolute Gasteiger partial charge is 0.320 e. The molecule has 2 unspecified atom stereocenters. The van der Waals surface area contributed by atoms with Crippen LogP contribution >= 0.6 is 0 Å². The predicted octanol–water partition coefficient (Wildman–Crippen LogP) is 1.66. The third-order valence-corrected chi connectivity index (χ3v) is 6.90. The topological polar surface area (TPSA) is 64.2 Å². The van der Waals surface area contributed by atoms with Crippen molar-refractivity contribution >= 4 is 16.1 Å². The monoisotopic (exact) mass is 388 g/mol. The van der Waals surface area contributed by atoms with Gasteiger partial charge in [-0.2, -0.15) is 4.31 Å². The normalized spacial score (nSPS) is 27.0. The number of unbranched alkanes of at least 4 members (excludes halogenated alkanes) is 1. The number of rotatable bonds is 3. The number of hydrogen-bond donors (Lipinski definition) is 0. The summed E-state index contributed by atoms with van der Waals surface area (Å²) < 4.78 is 24.5. The minimum absolute atomic E-state index is 0.0752. The van der Waals surface area contributed by atoms with E-state index < -0.39 is 10.0 Å². The molecule has 2 amide bonds. The Balaban J connectivity index is 0.000000552. The zero-order valence-electron chi connectivity index (χ0n) is 17.0. The van der Waals surface area contributed by atoms with Gasteiger partial charge in [0.2, 0.25) is 10.0 Å². The van der Waals surface area contributed by atoms with E-state index in [9.17, 15) is 13.2 Å². The van der Waals surface area contributed by atoms with Crippen LogP contribution in [0.2, 0.25) is 0 Å². The average Bonchev–Trinajstić information content (AvgIpc) is 2.60. The first-order chi connectivity index (χ1) is 12.2. The maximum absolute atomic E-state index is 12.6. The van der Waals surface area contributed by atoms with Gasteiger partial charge in [0.1, 0.15) is 0 Å². The molecule has 2 atom stereocenters. The summed E-state index contributed by atoms with van der Waals surface area (Å²) in [7, 11) is -3.14. The molecule has 4 saturated heterocycles.